The molecule has 0 saturated heterocycles. The number of aliphatic hydroxyl groups excluding tert-OH is 1. The molecule has 6 nitrogen and oxygen atoms in total. The minimum absolute atomic E-state index is 0.368. The Morgan fingerprint density at radius 3 is 2.16 bits per heavy atom. The number of carbonyl (C=O) groups is 1. The summed E-state index contributed by atoms with van der Waals surface area (Å²) in [4.78, 5) is 16.1. The number of aldehydes is 1. The molecule has 0 fully saturated rings. The molecule has 0 radical (unpaired) electrons. The van der Waals surface area contributed by atoms with E-state index in [1.54, 1.807) is 39.8 Å². The van der Waals surface area contributed by atoms with Crippen LogP contribution in [-0.2, 0) is 17.8 Å². The number of benzene rings is 2. The second-order valence-electron chi connectivity index (χ2n) is 9.94. The van der Waals surface area contributed by atoms with E-state index in [9.17, 15) is 4.79 Å². The van der Waals surface area contributed by atoms with Crippen molar-refractivity contribution in [2.24, 2.45) is 0 Å². The molecule has 38 heavy (non-hydrogen) atoms. The third-order valence-corrected chi connectivity index (χ3v) is 7.03. The number of pyridine rings is 1. The molecule has 8 heteroatoms. The second-order valence-corrected chi connectivity index (χ2v) is 11.1. The first-order valence-corrected chi connectivity index (χ1v) is 13.9. The summed E-state index contributed by atoms with van der Waals surface area (Å²) in [5, 5.41) is 16.0. The highest BCUT2D eigenvalue weighted by Crippen LogP contribution is 2.52. The van der Waals surface area contributed by atoms with Gasteiger partial charge in [0.1, 0.15) is 11.4 Å². The number of hydrogen-bond acceptors (Lipinski definition) is 7. The monoisotopic (exact) mass is 558 g/mol. The second kappa shape index (κ2) is 13.5. The molecule has 3 aromatic rings. The average Bonchev–Trinajstić information content (AvgIpc) is 2.87. The Balaban J connectivity index is 0.000000651. The lowest BCUT2D eigenvalue weighted by Crippen LogP contribution is -2.22. The van der Waals surface area contributed by atoms with E-state index in [0.717, 1.165) is 63.6 Å². The normalized spacial score (nSPS) is 11.8. The Bertz CT molecular complexity index is 1270. The number of methoxy groups -OCH3 is 1. The quantitative estimate of drug-likeness (QED) is 0.204. The number of halogens is 1. The Morgan fingerprint density at radius 1 is 1.08 bits per heavy atom. The molecule has 2 N–H and O–H groups in total. The van der Waals surface area contributed by atoms with Crippen LogP contribution in [0.4, 0.5) is 5.69 Å². The zero-order valence-corrected chi connectivity index (χ0v) is 25.3. The molecule has 4 rings (SSSR count). The zero-order chi connectivity index (χ0) is 28.8. The van der Waals surface area contributed by atoms with Gasteiger partial charge in [-0.25, -0.2) is 4.98 Å². The van der Waals surface area contributed by atoms with Crippen LogP contribution in [0.1, 0.15) is 48.6 Å². The summed E-state index contributed by atoms with van der Waals surface area (Å²) in [5.41, 5.74) is 10.4. The summed E-state index contributed by atoms with van der Waals surface area (Å²) in [6.45, 7) is 12.2. The molecule has 0 saturated carbocycles. The number of hydrogen-bond donors (Lipinski definition) is 2. The van der Waals surface area contributed by atoms with Gasteiger partial charge in [-0.05, 0) is 74.9 Å². The molecule has 0 amide bonds. The molecule has 0 aliphatic carbocycles. The summed E-state index contributed by atoms with van der Waals surface area (Å²) in [5.74, 6) is 0.513. The molecule has 0 atom stereocenters. The van der Waals surface area contributed by atoms with Gasteiger partial charge in [-0.3, -0.25) is 0 Å². The number of fused-ring (bicyclic) bond motifs is 3. The summed E-state index contributed by atoms with van der Waals surface area (Å²) >= 11 is 8.38. The summed E-state index contributed by atoms with van der Waals surface area (Å²) in [7, 11) is 2.60. The van der Waals surface area contributed by atoms with Gasteiger partial charge in [0.25, 0.3) is 0 Å². The number of aryl methyl sites for hydroxylation is 1. The molecule has 0 spiro atoms. The first-order valence-electron chi connectivity index (χ1n) is 12.3. The van der Waals surface area contributed by atoms with E-state index in [-0.39, 0.29) is 0 Å². The fourth-order valence-corrected chi connectivity index (χ4v) is 5.51. The van der Waals surface area contributed by atoms with E-state index >= 15 is 0 Å². The van der Waals surface area contributed by atoms with Crippen LogP contribution in [0.5, 0.6) is 5.88 Å². The van der Waals surface area contributed by atoms with Crippen molar-refractivity contribution in [3.8, 4) is 28.1 Å². The molecule has 1 aromatic heterocycles. The maximum atomic E-state index is 11.7. The van der Waals surface area contributed by atoms with Crippen molar-refractivity contribution < 1.29 is 19.7 Å². The highest BCUT2D eigenvalue weighted by atomic mass is 35.5. The van der Waals surface area contributed by atoms with Crippen LogP contribution in [0, 0.1) is 20.8 Å². The lowest BCUT2D eigenvalue weighted by Gasteiger charge is -2.36. The van der Waals surface area contributed by atoms with Crippen molar-refractivity contribution in [3.05, 3.63) is 63.3 Å². The number of ether oxygens (including phenoxy) is 1. The highest BCUT2D eigenvalue weighted by Gasteiger charge is 2.32. The number of carbonyl (C=O) groups excluding carboxylic acids is 1. The van der Waals surface area contributed by atoms with Crippen LogP contribution in [-0.4, -0.2) is 47.6 Å². The SMILES string of the molecule is CC(C)(C)O.CO.COc1cc2c(c(Cl)n1)-c1c(C)c(-c3ccc(C)cc3)c(CC=O)c(C)c1N(SC)C2. The fourth-order valence-electron chi connectivity index (χ4n) is 4.54. The number of nitrogens with zero attached hydrogens (tertiary/aromatic N) is 2. The molecular weight excluding hydrogens is 520 g/mol. The van der Waals surface area contributed by atoms with E-state index in [1.807, 2.05) is 6.07 Å². The van der Waals surface area contributed by atoms with Gasteiger partial charge in [0.05, 0.1) is 24.9 Å². The van der Waals surface area contributed by atoms with E-state index < -0.39 is 5.60 Å². The number of rotatable bonds is 5. The van der Waals surface area contributed by atoms with Crippen molar-refractivity contribution in [2.45, 2.75) is 60.1 Å². The van der Waals surface area contributed by atoms with Crippen LogP contribution in [0.2, 0.25) is 5.15 Å². The van der Waals surface area contributed by atoms with Crippen molar-refractivity contribution in [2.75, 3.05) is 24.8 Å². The van der Waals surface area contributed by atoms with Gasteiger partial charge in [-0.1, -0.05) is 53.4 Å². The maximum absolute atomic E-state index is 11.7. The van der Waals surface area contributed by atoms with Crippen LogP contribution in [0.3, 0.4) is 0 Å². The lowest BCUT2D eigenvalue weighted by atomic mass is 9.81. The van der Waals surface area contributed by atoms with Gasteiger partial charge >= 0.3 is 0 Å². The fraction of sp³-hybridized carbons (Fsp3) is 0.400. The van der Waals surface area contributed by atoms with Gasteiger partial charge in [0, 0.05) is 37.0 Å². The standard InChI is InChI=1S/C25H25ClN2O2S.C4H10O.CH4O/c1-14-6-8-17(9-7-14)21-16(3)22-23-18(12-20(30-4)27-25(23)26)13-28(31-5)24(22)15(2)19(21)10-11-29;1-4(2,3)5;1-2/h6-9,11-12H,10,13H2,1-5H3;5H,1-3H3;2H,1H3. The minimum atomic E-state index is -0.500. The maximum Gasteiger partial charge on any atom is 0.214 e. The molecule has 0 bridgehead atoms. The minimum Gasteiger partial charge on any atom is -0.481 e. The molecule has 1 aliphatic rings. The van der Waals surface area contributed by atoms with Crippen molar-refractivity contribution >= 4 is 35.5 Å². The van der Waals surface area contributed by atoms with Crippen molar-refractivity contribution in [3.63, 3.8) is 0 Å². The van der Waals surface area contributed by atoms with Gasteiger partial charge in [-0.15, -0.1) is 0 Å². The van der Waals surface area contributed by atoms with Gasteiger partial charge < -0.3 is 24.0 Å². The topological polar surface area (TPSA) is 82.9 Å². The third-order valence-electron chi connectivity index (χ3n) is 6.00. The molecule has 2 aromatic carbocycles. The van der Waals surface area contributed by atoms with Gasteiger partial charge in [0.15, 0.2) is 0 Å². The Hall–Kier alpha value is -2.58. The van der Waals surface area contributed by atoms with Crippen LogP contribution in [0.15, 0.2) is 30.3 Å². The van der Waals surface area contributed by atoms with E-state index in [1.165, 1.54) is 5.56 Å². The van der Waals surface area contributed by atoms with Crippen LogP contribution >= 0.6 is 23.5 Å². The molecule has 1 aliphatic heterocycles. The number of anilines is 1. The Morgan fingerprint density at radius 2 is 1.66 bits per heavy atom. The van der Waals surface area contributed by atoms with E-state index in [2.05, 4.69) is 60.6 Å². The van der Waals surface area contributed by atoms with E-state index in [4.69, 9.17) is 26.6 Å². The van der Waals surface area contributed by atoms with Crippen LogP contribution in [0.25, 0.3) is 22.3 Å². The number of aromatic nitrogens is 1. The predicted octanol–water partition coefficient (Wildman–Crippen LogP) is 6.73. The van der Waals surface area contributed by atoms with Crippen molar-refractivity contribution in [1.29, 1.82) is 0 Å². The summed E-state index contributed by atoms with van der Waals surface area (Å²) in [6, 6.07) is 10.4. The lowest BCUT2D eigenvalue weighted by molar-refractivity contribution is -0.107. The summed E-state index contributed by atoms with van der Waals surface area (Å²) < 4.78 is 7.63. The largest absolute Gasteiger partial charge is 0.481 e. The van der Waals surface area contributed by atoms with Gasteiger partial charge in [0.2, 0.25) is 5.88 Å². The average molecular weight is 559 g/mol. The Kier molecular flexibility index (Phi) is 11.2. The Labute approximate surface area is 236 Å². The molecule has 206 valence electrons. The zero-order valence-electron chi connectivity index (χ0n) is 23.8. The highest BCUT2D eigenvalue weighted by molar-refractivity contribution is 7.99. The first kappa shape index (κ1) is 31.6. The van der Waals surface area contributed by atoms with Gasteiger partial charge in [-0.2, -0.15) is 0 Å². The smallest absolute Gasteiger partial charge is 0.214 e. The summed E-state index contributed by atoms with van der Waals surface area (Å²) in [6.07, 6.45) is 3.43. The van der Waals surface area contributed by atoms with Crippen molar-refractivity contribution in [1.82, 2.24) is 4.98 Å². The molecule has 0 unspecified atom stereocenters. The van der Waals surface area contributed by atoms with E-state index in [0.29, 0.717) is 24.0 Å². The predicted molar refractivity (Wildman–Crippen MR) is 160 cm³/mol. The first-order chi connectivity index (χ1) is 17.9. The molecular formula is C30H39ClN2O4S. The van der Waals surface area contributed by atoms with Crippen LogP contribution < -0.4 is 9.04 Å². The third kappa shape index (κ3) is 7.08. The molecule has 2 heterocycles. The number of aliphatic hydroxyl groups is 2.